The molecule has 0 amide bonds. The van der Waals surface area contributed by atoms with Gasteiger partial charge in [-0.15, -0.1) is 0 Å². The van der Waals surface area contributed by atoms with Gasteiger partial charge in [0.1, 0.15) is 23.1 Å². The SMILES string of the molecule is COC(=O)c1ccc(CNS(=O)(=O)CC[N+]2(c3ccc(F)c(Cl)c3)CCN(C3COC3)CC2)c(F)c1. The van der Waals surface area contributed by atoms with E-state index in [-0.39, 0.29) is 35.0 Å². The first-order valence-corrected chi connectivity index (χ1v) is 13.6. The number of hydrogen-bond acceptors (Lipinski definition) is 6. The number of hydrogen-bond donors (Lipinski definition) is 1. The van der Waals surface area contributed by atoms with Crippen molar-refractivity contribution < 1.29 is 31.5 Å². The molecule has 12 heteroatoms. The molecule has 0 aliphatic carbocycles. The van der Waals surface area contributed by atoms with E-state index in [2.05, 4.69) is 14.4 Å². The van der Waals surface area contributed by atoms with Crippen molar-refractivity contribution in [3.63, 3.8) is 0 Å². The molecular weight excluding hydrogens is 516 g/mol. The molecule has 2 heterocycles. The van der Waals surface area contributed by atoms with Crippen molar-refractivity contribution in [2.24, 2.45) is 0 Å². The Kier molecular flexibility index (Phi) is 8.28. The topological polar surface area (TPSA) is 84.9 Å². The monoisotopic (exact) mass is 544 g/mol. The van der Waals surface area contributed by atoms with Crippen LogP contribution in [0, 0.1) is 11.6 Å². The molecule has 0 saturated carbocycles. The van der Waals surface area contributed by atoms with Gasteiger partial charge in [-0.3, -0.25) is 9.38 Å². The van der Waals surface area contributed by atoms with E-state index in [0.717, 1.165) is 24.8 Å². The number of esters is 1. The Morgan fingerprint density at radius 1 is 1.17 bits per heavy atom. The normalized spacial score (nSPS) is 18.6. The molecule has 1 N–H and O–H groups in total. The summed E-state index contributed by atoms with van der Waals surface area (Å²) < 4.78 is 66.6. The molecule has 0 radical (unpaired) electrons. The summed E-state index contributed by atoms with van der Waals surface area (Å²) in [5, 5.41) is -0.00770. The van der Waals surface area contributed by atoms with Crippen LogP contribution >= 0.6 is 11.6 Å². The Bertz CT molecular complexity index is 1220. The zero-order valence-electron chi connectivity index (χ0n) is 19.9. The van der Waals surface area contributed by atoms with Crippen molar-refractivity contribution in [2.75, 3.05) is 58.8 Å². The quantitative estimate of drug-likeness (QED) is 0.386. The van der Waals surface area contributed by atoms with Gasteiger partial charge >= 0.3 is 5.97 Å². The van der Waals surface area contributed by atoms with Crippen molar-refractivity contribution in [2.45, 2.75) is 12.6 Å². The fourth-order valence-corrected chi connectivity index (χ4v) is 5.83. The van der Waals surface area contributed by atoms with Crippen LogP contribution in [0.25, 0.3) is 0 Å². The number of carbonyl (C=O) groups is 1. The van der Waals surface area contributed by atoms with Gasteiger partial charge < -0.3 is 9.47 Å². The number of nitrogens with one attached hydrogen (secondary N) is 1. The van der Waals surface area contributed by atoms with Gasteiger partial charge in [-0.2, -0.15) is 0 Å². The van der Waals surface area contributed by atoms with E-state index in [0.29, 0.717) is 36.8 Å². The van der Waals surface area contributed by atoms with Gasteiger partial charge in [0, 0.05) is 37.3 Å². The predicted molar refractivity (Wildman–Crippen MR) is 132 cm³/mol. The molecule has 0 unspecified atom stereocenters. The van der Waals surface area contributed by atoms with E-state index in [4.69, 9.17) is 16.3 Å². The van der Waals surface area contributed by atoms with Crippen molar-refractivity contribution in [1.29, 1.82) is 0 Å². The molecule has 2 saturated heterocycles. The van der Waals surface area contributed by atoms with Crippen LogP contribution in [0.2, 0.25) is 5.02 Å². The molecule has 2 aromatic rings. The second-order valence-corrected chi connectivity index (χ2v) is 11.4. The number of sulfonamides is 1. The molecule has 8 nitrogen and oxygen atoms in total. The lowest BCUT2D eigenvalue weighted by Crippen LogP contribution is -2.65. The van der Waals surface area contributed by atoms with Gasteiger partial charge in [-0.25, -0.2) is 26.7 Å². The summed E-state index contributed by atoms with van der Waals surface area (Å²) in [4.78, 5) is 13.9. The molecule has 2 aliphatic heterocycles. The molecule has 36 heavy (non-hydrogen) atoms. The van der Waals surface area contributed by atoms with Crippen LogP contribution in [0.4, 0.5) is 14.5 Å². The highest BCUT2D eigenvalue weighted by Gasteiger charge is 2.40. The van der Waals surface area contributed by atoms with Crippen LogP contribution in [0.3, 0.4) is 0 Å². The number of halogens is 3. The Morgan fingerprint density at radius 3 is 2.47 bits per heavy atom. The Morgan fingerprint density at radius 2 is 1.89 bits per heavy atom. The lowest BCUT2D eigenvalue weighted by Gasteiger charge is -2.48. The minimum absolute atomic E-state index is 0.00770. The number of ether oxygens (including phenoxy) is 2. The molecule has 0 bridgehead atoms. The van der Waals surface area contributed by atoms with Gasteiger partial charge in [0.2, 0.25) is 10.0 Å². The molecular formula is C24H29ClF2N3O5S+. The lowest BCUT2D eigenvalue weighted by molar-refractivity contribution is -0.0758. The first-order chi connectivity index (χ1) is 17.1. The highest BCUT2D eigenvalue weighted by molar-refractivity contribution is 7.89. The van der Waals surface area contributed by atoms with E-state index < -0.39 is 27.6 Å². The number of piperazine rings is 1. The first-order valence-electron chi connectivity index (χ1n) is 11.6. The summed E-state index contributed by atoms with van der Waals surface area (Å²) >= 11 is 6.06. The smallest absolute Gasteiger partial charge is 0.337 e. The first kappa shape index (κ1) is 26.9. The number of rotatable bonds is 9. The Balaban J connectivity index is 1.45. The average Bonchev–Trinajstić information content (AvgIpc) is 2.83. The van der Waals surface area contributed by atoms with E-state index >= 15 is 0 Å². The Labute approximate surface area is 214 Å². The maximum atomic E-state index is 14.4. The van der Waals surface area contributed by atoms with Crippen LogP contribution in [0.5, 0.6) is 0 Å². The van der Waals surface area contributed by atoms with E-state index in [1.807, 2.05) is 0 Å². The van der Waals surface area contributed by atoms with Crippen LogP contribution in [-0.4, -0.2) is 84.1 Å². The summed E-state index contributed by atoms with van der Waals surface area (Å²) in [5.41, 5.74) is 0.904. The van der Waals surface area contributed by atoms with Crippen molar-refractivity contribution in [3.05, 3.63) is 64.2 Å². The van der Waals surface area contributed by atoms with E-state index in [1.165, 1.54) is 25.3 Å². The van der Waals surface area contributed by atoms with Crippen molar-refractivity contribution in [3.8, 4) is 0 Å². The number of quaternary nitrogens is 1. The summed E-state index contributed by atoms with van der Waals surface area (Å²) in [6, 6.07) is 8.64. The second-order valence-electron chi connectivity index (χ2n) is 9.08. The summed E-state index contributed by atoms with van der Waals surface area (Å²) in [6.45, 7) is 4.14. The third-order valence-electron chi connectivity index (χ3n) is 6.96. The maximum Gasteiger partial charge on any atom is 0.337 e. The summed E-state index contributed by atoms with van der Waals surface area (Å²) in [6.07, 6.45) is 0. The number of benzene rings is 2. The average molecular weight is 545 g/mol. The highest BCUT2D eigenvalue weighted by Crippen LogP contribution is 2.31. The second kappa shape index (κ2) is 11.1. The summed E-state index contributed by atoms with van der Waals surface area (Å²) in [5.74, 6) is -2.13. The molecule has 0 atom stereocenters. The van der Waals surface area contributed by atoms with Gasteiger partial charge in [-0.05, 0) is 18.2 Å². The Hall–Kier alpha value is -2.15. The maximum absolute atomic E-state index is 14.4. The van der Waals surface area contributed by atoms with Gasteiger partial charge in [0.05, 0.1) is 56.6 Å². The fourth-order valence-electron chi connectivity index (χ4n) is 4.54. The molecule has 196 valence electrons. The fraction of sp³-hybridized carbons (Fsp3) is 0.458. The highest BCUT2D eigenvalue weighted by atomic mass is 35.5. The summed E-state index contributed by atoms with van der Waals surface area (Å²) in [7, 11) is -2.59. The molecule has 2 aliphatic rings. The molecule has 2 fully saturated rings. The minimum atomic E-state index is -3.78. The molecule has 0 spiro atoms. The number of methoxy groups -OCH3 is 1. The van der Waals surface area contributed by atoms with Gasteiger partial charge in [0.15, 0.2) is 0 Å². The van der Waals surface area contributed by atoms with Crippen LogP contribution < -0.4 is 9.21 Å². The zero-order valence-corrected chi connectivity index (χ0v) is 21.5. The van der Waals surface area contributed by atoms with Gasteiger partial charge in [0.25, 0.3) is 0 Å². The molecule has 0 aromatic heterocycles. The van der Waals surface area contributed by atoms with Crippen molar-refractivity contribution >= 4 is 33.3 Å². The predicted octanol–water partition coefficient (Wildman–Crippen LogP) is 2.55. The van der Waals surface area contributed by atoms with Crippen LogP contribution in [0.15, 0.2) is 36.4 Å². The molecule has 4 rings (SSSR count). The minimum Gasteiger partial charge on any atom is -0.465 e. The number of carbonyl (C=O) groups excluding carboxylic acids is 1. The standard InChI is InChI=1S/C24H29ClF2N3O5S/c1-34-24(31)17-2-3-18(23(27)12-17)14-28-36(32,33)11-10-30(20-4-5-22(26)21(25)13-20)8-6-29(7-9-30)19-15-35-16-19/h2-5,12-13,19,28H,6-11,14-16H2,1H3/q+1. The lowest BCUT2D eigenvalue weighted by atomic mass is 10.1. The third-order valence-corrected chi connectivity index (χ3v) is 8.56. The van der Waals surface area contributed by atoms with Crippen molar-refractivity contribution in [1.82, 2.24) is 14.1 Å². The molecule has 2 aromatic carbocycles. The number of nitrogens with zero attached hydrogens (tertiary/aromatic N) is 2. The van der Waals surface area contributed by atoms with Crippen LogP contribution in [0.1, 0.15) is 15.9 Å². The van der Waals surface area contributed by atoms with E-state index in [1.54, 1.807) is 12.1 Å². The largest absolute Gasteiger partial charge is 0.465 e. The zero-order chi connectivity index (χ0) is 25.9. The van der Waals surface area contributed by atoms with Crippen LogP contribution in [-0.2, 0) is 26.0 Å². The van der Waals surface area contributed by atoms with E-state index in [9.17, 15) is 22.0 Å². The van der Waals surface area contributed by atoms with Gasteiger partial charge in [-0.1, -0.05) is 17.7 Å². The third kappa shape index (κ3) is 6.04.